The molecule has 1 atom stereocenters. The quantitative estimate of drug-likeness (QED) is 0.205. The summed E-state index contributed by atoms with van der Waals surface area (Å²) in [6.45, 7) is -0.495. The van der Waals surface area contributed by atoms with Gasteiger partial charge in [0.1, 0.15) is 15.6 Å². The maximum Gasteiger partial charge on any atom is 0.242 e. The Kier molecular flexibility index (Phi) is 6.78. The number of sulfonamides is 2. The SMILES string of the molecule is NCc1nc2ccc(-c3ccc(S(=O)(=O)NC[C@@H](O)CN)c(S(N)(=O)=O)c3C3=NCN=N3)cc2[nH]1. The molecule has 0 aliphatic carbocycles. The van der Waals surface area contributed by atoms with Gasteiger partial charge in [-0.2, -0.15) is 5.11 Å². The number of hydrogen-bond donors (Lipinski definition) is 6. The highest BCUT2D eigenvalue weighted by molar-refractivity contribution is 7.92. The second kappa shape index (κ2) is 9.50. The van der Waals surface area contributed by atoms with Gasteiger partial charge in [-0.1, -0.05) is 12.1 Å². The number of nitrogens with one attached hydrogen (secondary N) is 2. The third kappa shape index (κ3) is 4.98. The van der Waals surface area contributed by atoms with Gasteiger partial charge in [0.25, 0.3) is 0 Å². The Morgan fingerprint density at radius 3 is 2.54 bits per heavy atom. The van der Waals surface area contributed by atoms with Crippen molar-refractivity contribution in [2.24, 2.45) is 31.8 Å². The highest BCUT2D eigenvalue weighted by atomic mass is 32.2. The number of primary sulfonamides is 1. The van der Waals surface area contributed by atoms with Crippen molar-refractivity contribution in [3.63, 3.8) is 0 Å². The lowest BCUT2D eigenvalue weighted by molar-refractivity contribution is 0.186. The molecule has 4 rings (SSSR count). The minimum Gasteiger partial charge on any atom is -0.390 e. The van der Waals surface area contributed by atoms with Crippen LogP contribution in [0.15, 0.2) is 55.3 Å². The summed E-state index contributed by atoms with van der Waals surface area (Å²) in [5.41, 5.74) is 13.0. The third-order valence-corrected chi connectivity index (χ3v) is 7.77. The van der Waals surface area contributed by atoms with Gasteiger partial charge in [-0.05, 0) is 29.3 Å². The van der Waals surface area contributed by atoms with E-state index in [9.17, 15) is 21.9 Å². The predicted octanol–water partition coefficient (Wildman–Crippen LogP) is -0.896. The number of amidine groups is 1. The average Bonchev–Trinajstić information content (AvgIpc) is 3.50. The molecule has 1 aliphatic rings. The zero-order chi connectivity index (χ0) is 25.4. The van der Waals surface area contributed by atoms with E-state index in [4.69, 9.17) is 16.6 Å². The Labute approximate surface area is 200 Å². The predicted molar refractivity (Wildman–Crippen MR) is 127 cm³/mol. The Bertz CT molecular complexity index is 1560. The summed E-state index contributed by atoms with van der Waals surface area (Å²) in [6, 6.07) is 7.65. The first-order valence-corrected chi connectivity index (χ1v) is 13.3. The van der Waals surface area contributed by atoms with Crippen molar-refractivity contribution in [2.45, 2.75) is 22.4 Å². The van der Waals surface area contributed by atoms with E-state index in [0.29, 0.717) is 28.0 Å². The van der Waals surface area contributed by atoms with Crippen LogP contribution in [0.5, 0.6) is 0 Å². The molecule has 0 saturated carbocycles. The number of imidazole rings is 1. The lowest BCUT2D eigenvalue weighted by atomic mass is 9.98. The van der Waals surface area contributed by atoms with Gasteiger partial charge in [-0.3, -0.25) is 0 Å². The number of hydrogen-bond acceptors (Lipinski definition) is 11. The van der Waals surface area contributed by atoms with Crippen molar-refractivity contribution in [1.82, 2.24) is 14.7 Å². The standard InChI is InChI=1S/C19H23N9O5S2/c20-6-11(29)8-25-35(32,33)15-4-2-12(10-1-3-13-14(5-10)27-16(7-21)26-13)17(18(15)34(22,30)31)19-23-9-24-28-19/h1-5,11,25,29H,6-9,20-21H2,(H,26,27)(H2,22,30,31)/t11-/m0/s1. The molecule has 0 amide bonds. The zero-order valence-electron chi connectivity index (χ0n) is 18.2. The van der Waals surface area contributed by atoms with Crippen LogP contribution in [0.3, 0.4) is 0 Å². The second-order valence-corrected chi connectivity index (χ2v) is 10.8. The summed E-state index contributed by atoms with van der Waals surface area (Å²) in [4.78, 5) is 10.2. The fourth-order valence-corrected chi connectivity index (χ4v) is 6.24. The number of azo groups is 1. The van der Waals surface area contributed by atoms with E-state index < -0.39 is 42.5 Å². The summed E-state index contributed by atoms with van der Waals surface area (Å²) >= 11 is 0. The fraction of sp³-hybridized carbons (Fsp3) is 0.263. The molecule has 0 bridgehead atoms. The van der Waals surface area contributed by atoms with E-state index in [1.807, 2.05) is 0 Å². The Morgan fingerprint density at radius 1 is 1.14 bits per heavy atom. The molecule has 0 fully saturated rings. The topological polar surface area (TPSA) is 244 Å². The molecule has 186 valence electrons. The molecule has 1 aliphatic heterocycles. The van der Waals surface area contributed by atoms with Crippen molar-refractivity contribution in [1.29, 1.82) is 0 Å². The smallest absolute Gasteiger partial charge is 0.242 e. The van der Waals surface area contributed by atoms with Crippen molar-refractivity contribution in [2.75, 3.05) is 19.8 Å². The number of fused-ring (bicyclic) bond motifs is 1. The van der Waals surface area contributed by atoms with Crippen molar-refractivity contribution < 1.29 is 21.9 Å². The molecule has 1 aromatic heterocycles. The summed E-state index contributed by atoms with van der Waals surface area (Å²) in [5, 5.41) is 22.9. The molecule has 14 nitrogen and oxygen atoms in total. The van der Waals surface area contributed by atoms with Gasteiger partial charge >= 0.3 is 0 Å². The maximum absolute atomic E-state index is 13.0. The van der Waals surface area contributed by atoms with Gasteiger partial charge in [0.2, 0.25) is 20.0 Å². The Balaban J connectivity index is 1.98. The first kappa shape index (κ1) is 25.0. The van der Waals surface area contributed by atoms with Crippen LogP contribution >= 0.6 is 0 Å². The van der Waals surface area contributed by atoms with E-state index in [0.717, 1.165) is 6.07 Å². The molecule has 2 heterocycles. The molecule has 2 aromatic carbocycles. The van der Waals surface area contributed by atoms with Crippen LogP contribution in [0.2, 0.25) is 0 Å². The summed E-state index contributed by atoms with van der Waals surface area (Å²) in [6.07, 6.45) is -1.17. The number of H-pyrrole nitrogens is 1. The molecule has 16 heteroatoms. The van der Waals surface area contributed by atoms with Gasteiger partial charge in [0.05, 0.1) is 29.2 Å². The van der Waals surface area contributed by atoms with E-state index >= 15 is 0 Å². The van der Waals surface area contributed by atoms with Gasteiger partial charge in [-0.15, -0.1) is 5.11 Å². The number of rotatable bonds is 9. The maximum atomic E-state index is 13.0. The number of aliphatic imine (C=N–C) groups is 1. The minimum atomic E-state index is -4.63. The molecule has 9 N–H and O–H groups in total. The van der Waals surface area contributed by atoms with Crippen molar-refractivity contribution in [3.8, 4) is 11.1 Å². The highest BCUT2D eigenvalue weighted by Gasteiger charge is 2.32. The Morgan fingerprint density at radius 2 is 1.91 bits per heavy atom. The normalized spacial score (nSPS) is 15.0. The van der Waals surface area contributed by atoms with Crippen molar-refractivity contribution >= 4 is 36.9 Å². The number of nitrogens with zero attached hydrogens (tertiary/aromatic N) is 4. The van der Waals surface area contributed by atoms with Gasteiger partial charge in [0.15, 0.2) is 12.5 Å². The van der Waals surface area contributed by atoms with E-state index in [-0.39, 0.29) is 31.2 Å². The van der Waals surface area contributed by atoms with Crippen LogP contribution in [-0.4, -0.2) is 63.6 Å². The largest absolute Gasteiger partial charge is 0.390 e. The molecule has 0 spiro atoms. The molecule has 0 unspecified atom stereocenters. The molecule has 0 radical (unpaired) electrons. The monoisotopic (exact) mass is 521 g/mol. The van der Waals surface area contributed by atoms with Gasteiger partial charge in [0, 0.05) is 13.1 Å². The van der Waals surface area contributed by atoms with Crippen LogP contribution in [0.1, 0.15) is 11.4 Å². The van der Waals surface area contributed by atoms with Crippen LogP contribution < -0.4 is 21.3 Å². The minimum absolute atomic E-state index is 0.0593. The number of aliphatic hydroxyl groups is 1. The van der Waals surface area contributed by atoms with Crippen LogP contribution in [0, 0.1) is 0 Å². The molecule has 35 heavy (non-hydrogen) atoms. The van der Waals surface area contributed by atoms with Gasteiger partial charge in [-0.25, -0.2) is 36.7 Å². The average molecular weight is 522 g/mol. The number of benzene rings is 2. The van der Waals surface area contributed by atoms with Crippen LogP contribution in [0.25, 0.3) is 22.2 Å². The fourth-order valence-electron chi connectivity index (χ4n) is 3.57. The van der Waals surface area contributed by atoms with E-state index in [1.54, 1.807) is 18.2 Å². The van der Waals surface area contributed by atoms with E-state index in [1.165, 1.54) is 6.07 Å². The molecular weight excluding hydrogens is 498 g/mol. The van der Waals surface area contributed by atoms with Gasteiger partial charge < -0.3 is 21.6 Å². The van der Waals surface area contributed by atoms with Crippen molar-refractivity contribution in [3.05, 3.63) is 41.7 Å². The summed E-state index contributed by atoms with van der Waals surface area (Å²) < 4.78 is 53.8. The van der Waals surface area contributed by atoms with Crippen LogP contribution in [-0.2, 0) is 26.6 Å². The van der Waals surface area contributed by atoms with E-state index in [2.05, 4.69) is 29.9 Å². The number of nitrogens with two attached hydrogens (primary N) is 3. The van der Waals surface area contributed by atoms with Crippen LogP contribution in [0.4, 0.5) is 0 Å². The lowest BCUT2D eigenvalue weighted by Gasteiger charge is -2.18. The summed E-state index contributed by atoms with van der Waals surface area (Å²) in [5.74, 6) is 0.471. The third-order valence-electron chi connectivity index (χ3n) is 5.18. The molecule has 0 saturated heterocycles. The second-order valence-electron chi connectivity index (χ2n) is 7.59. The first-order valence-electron chi connectivity index (χ1n) is 10.2. The number of aromatic nitrogens is 2. The molecular formula is C19H23N9O5S2. The highest BCUT2D eigenvalue weighted by Crippen LogP contribution is 2.35. The lowest BCUT2D eigenvalue weighted by Crippen LogP contribution is -2.37. The summed E-state index contributed by atoms with van der Waals surface area (Å²) in [7, 11) is -9.07. The number of aromatic amines is 1. The molecule has 3 aromatic rings. The zero-order valence-corrected chi connectivity index (χ0v) is 19.8. The first-order chi connectivity index (χ1) is 16.5. The Hall–Kier alpha value is -3.12. The number of aliphatic hydroxyl groups excluding tert-OH is 1.